The van der Waals surface area contributed by atoms with Crippen molar-refractivity contribution in [2.45, 2.75) is 46.1 Å². The summed E-state index contributed by atoms with van der Waals surface area (Å²) in [5.41, 5.74) is 1.96. The molecule has 0 aliphatic heterocycles. The zero-order valence-corrected chi connectivity index (χ0v) is 12.7. The Hall–Kier alpha value is -1.09. The highest BCUT2D eigenvalue weighted by Gasteiger charge is 2.16. The fourth-order valence-electron chi connectivity index (χ4n) is 2.40. The van der Waals surface area contributed by atoms with E-state index in [0.29, 0.717) is 11.9 Å². The Bertz CT molecular complexity index is 533. The normalized spacial score (nSPS) is 13.3. The van der Waals surface area contributed by atoms with Crippen LogP contribution >= 0.6 is 11.6 Å². The third-order valence-corrected chi connectivity index (χ3v) is 3.63. The standard InChI is InChI=1S/C15H22ClN3/c1-11(2)6-7-12(3)19-14(8-9-16)18-13-5-4-10-17-15(13)19/h4-5,10-12H,6-9H2,1-3H3. The molecule has 0 fully saturated rings. The lowest BCUT2D eigenvalue weighted by Gasteiger charge is -2.17. The summed E-state index contributed by atoms with van der Waals surface area (Å²) in [6.45, 7) is 6.77. The Morgan fingerprint density at radius 3 is 2.74 bits per heavy atom. The van der Waals surface area contributed by atoms with Crippen LogP contribution in [0.3, 0.4) is 0 Å². The van der Waals surface area contributed by atoms with E-state index >= 15 is 0 Å². The lowest BCUT2D eigenvalue weighted by atomic mass is 10.0. The van der Waals surface area contributed by atoms with Gasteiger partial charge in [-0.05, 0) is 37.8 Å². The molecule has 0 N–H and O–H groups in total. The van der Waals surface area contributed by atoms with E-state index in [0.717, 1.165) is 35.7 Å². The highest BCUT2D eigenvalue weighted by Crippen LogP contribution is 2.24. The van der Waals surface area contributed by atoms with Gasteiger partial charge >= 0.3 is 0 Å². The second kappa shape index (κ2) is 6.38. The predicted octanol–water partition coefficient (Wildman–Crippen LogP) is 4.21. The number of alkyl halides is 1. The van der Waals surface area contributed by atoms with E-state index < -0.39 is 0 Å². The van der Waals surface area contributed by atoms with E-state index in [-0.39, 0.29) is 0 Å². The van der Waals surface area contributed by atoms with Crippen molar-refractivity contribution in [1.29, 1.82) is 0 Å². The van der Waals surface area contributed by atoms with Crippen LogP contribution in [0.15, 0.2) is 18.3 Å². The molecule has 2 aromatic heterocycles. The molecule has 2 rings (SSSR count). The first-order valence-electron chi connectivity index (χ1n) is 7.01. The molecule has 0 aliphatic rings. The van der Waals surface area contributed by atoms with Gasteiger partial charge < -0.3 is 4.57 Å². The van der Waals surface area contributed by atoms with Crippen LogP contribution < -0.4 is 0 Å². The average molecular weight is 280 g/mol. The Labute approximate surface area is 120 Å². The van der Waals surface area contributed by atoms with Crippen LogP contribution in [0.5, 0.6) is 0 Å². The van der Waals surface area contributed by atoms with Crippen molar-refractivity contribution in [3.8, 4) is 0 Å². The lowest BCUT2D eigenvalue weighted by molar-refractivity contribution is 0.436. The Morgan fingerprint density at radius 2 is 2.05 bits per heavy atom. The topological polar surface area (TPSA) is 30.7 Å². The van der Waals surface area contributed by atoms with Crippen LogP contribution in [0.2, 0.25) is 0 Å². The summed E-state index contributed by atoms with van der Waals surface area (Å²) in [5.74, 6) is 2.38. The second-order valence-corrected chi connectivity index (χ2v) is 5.88. The van der Waals surface area contributed by atoms with Gasteiger partial charge in [0, 0.05) is 24.5 Å². The lowest BCUT2D eigenvalue weighted by Crippen LogP contribution is -2.11. The van der Waals surface area contributed by atoms with Crippen molar-refractivity contribution in [3.05, 3.63) is 24.2 Å². The Balaban J connectivity index is 2.35. The molecule has 104 valence electrons. The zero-order valence-electron chi connectivity index (χ0n) is 11.9. The van der Waals surface area contributed by atoms with Crippen molar-refractivity contribution in [2.75, 3.05) is 5.88 Å². The van der Waals surface area contributed by atoms with Gasteiger partial charge in [0.05, 0.1) is 0 Å². The maximum absolute atomic E-state index is 5.89. The van der Waals surface area contributed by atoms with Crippen molar-refractivity contribution in [3.63, 3.8) is 0 Å². The summed E-state index contributed by atoms with van der Waals surface area (Å²) in [5, 5.41) is 0. The fourth-order valence-corrected chi connectivity index (χ4v) is 2.57. The van der Waals surface area contributed by atoms with Crippen LogP contribution in [0.25, 0.3) is 11.2 Å². The van der Waals surface area contributed by atoms with Crippen molar-refractivity contribution in [2.24, 2.45) is 5.92 Å². The van der Waals surface area contributed by atoms with Gasteiger partial charge in [-0.1, -0.05) is 13.8 Å². The Morgan fingerprint density at radius 1 is 1.26 bits per heavy atom. The van der Waals surface area contributed by atoms with Crippen LogP contribution in [0, 0.1) is 5.92 Å². The molecule has 3 nitrogen and oxygen atoms in total. The van der Waals surface area contributed by atoms with Crippen molar-refractivity contribution < 1.29 is 0 Å². The SMILES string of the molecule is CC(C)CCC(C)n1c(CCCl)nc2cccnc21. The molecule has 4 heteroatoms. The first kappa shape index (κ1) is 14.3. The van der Waals surface area contributed by atoms with E-state index in [4.69, 9.17) is 11.6 Å². The summed E-state index contributed by atoms with van der Waals surface area (Å²) in [6, 6.07) is 4.37. The predicted molar refractivity (Wildman–Crippen MR) is 80.7 cm³/mol. The maximum atomic E-state index is 5.89. The molecule has 0 aromatic carbocycles. The number of halogens is 1. The monoisotopic (exact) mass is 279 g/mol. The van der Waals surface area contributed by atoms with Crippen LogP contribution in [0.1, 0.15) is 45.5 Å². The number of pyridine rings is 1. The van der Waals surface area contributed by atoms with Gasteiger partial charge in [0.15, 0.2) is 5.65 Å². The molecule has 1 unspecified atom stereocenters. The number of nitrogens with zero attached hydrogens (tertiary/aromatic N) is 3. The number of aromatic nitrogens is 3. The third-order valence-electron chi connectivity index (χ3n) is 3.44. The summed E-state index contributed by atoms with van der Waals surface area (Å²) in [4.78, 5) is 9.16. The number of imidazole rings is 1. The summed E-state index contributed by atoms with van der Waals surface area (Å²) >= 11 is 5.89. The van der Waals surface area contributed by atoms with Gasteiger partial charge in [-0.2, -0.15) is 0 Å². The smallest absolute Gasteiger partial charge is 0.160 e. The number of rotatable bonds is 6. The molecule has 2 aromatic rings. The average Bonchev–Trinajstić information content (AvgIpc) is 2.74. The van der Waals surface area contributed by atoms with Gasteiger partial charge in [-0.25, -0.2) is 9.97 Å². The summed E-state index contributed by atoms with van der Waals surface area (Å²) < 4.78 is 2.26. The van der Waals surface area contributed by atoms with Crippen molar-refractivity contribution in [1.82, 2.24) is 14.5 Å². The molecule has 0 amide bonds. The maximum Gasteiger partial charge on any atom is 0.160 e. The van der Waals surface area contributed by atoms with Crippen LogP contribution in [0.4, 0.5) is 0 Å². The van der Waals surface area contributed by atoms with Gasteiger partial charge in [-0.15, -0.1) is 11.6 Å². The quantitative estimate of drug-likeness (QED) is 0.742. The molecule has 1 atom stereocenters. The first-order chi connectivity index (χ1) is 9.13. The van der Waals surface area contributed by atoms with Crippen LogP contribution in [-0.4, -0.2) is 20.4 Å². The molecule has 0 bridgehead atoms. The Kier molecular flexibility index (Phi) is 4.81. The molecule has 0 radical (unpaired) electrons. The molecule has 19 heavy (non-hydrogen) atoms. The number of fused-ring (bicyclic) bond motifs is 1. The largest absolute Gasteiger partial charge is 0.310 e. The van der Waals surface area contributed by atoms with Gasteiger partial charge in [0.1, 0.15) is 11.3 Å². The summed E-state index contributed by atoms with van der Waals surface area (Å²) in [7, 11) is 0. The van der Waals surface area contributed by atoms with E-state index in [2.05, 4.69) is 35.3 Å². The number of hydrogen-bond acceptors (Lipinski definition) is 2. The molecule has 0 spiro atoms. The highest BCUT2D eigenvalue weighted by molar-refractivity contribution is 6.17. The van der Waals surface area contributed by atoms with E-state index in [1.54, 1.807) is 0 Å². The zero-order chi connectivity index (χ0) is 13.8. The molecular formula is C15H22ClN3. The molecule has 0 saturated carbocycles. The molecular weight excluding hydrogens is 258 g/mol. The molecule has 0 aliphatic carbocycles. The van der Waals surface area contributed by atoms with E-state index in [9.17, 15) is 0 Å². The fraction of sp³-hybridized carbons (Fsp3) is 0.600. The van der Waals surface area contributed by atoms with Crippen LogP contribution in [-0.2, 0) is 6.42 Å². The minimum Gasteiger partial charge on any atom is -0.310 e. The second-order valence-electron chi connectivity index (χ2n) is 5.50. The van der Waals surface area contributed by atoms with E-state index in [1.165, 1.54) is 6.42 Å². The van der Waals surface area contributed by atoms with Gasteiger partial charge in [0.2, 0.25) is 0 Å². The molecule has 2 heterocycles. The first-order valence-corrected chi connectivity index (χ1v) is 7.54. The molecule has 0 saturated heterocycles. The number of aryl methyl sites for hydroxylation is 1. The minimum atomic E-state index is 0.417. The third kappa shape index (κ3) is 3.27. The van der Waals surface area contributed by atoms with Gasteiger partial charge in [0.25, 0.3) is 0 Å². The number of hydrogen-bond donors (Lipinski definition) is 0. The summed E-state index contributed by atoms with van der Waals surface area (Å²) in [6.07, 6.45) is 4.99. The van der Waals surface area contributed by atoms with E-state index in [1.807, 2.05) is 18.3 Å². The van der Waals surface area contributed by atoms with Crippen molar-refractivity contribution >= 4 is 22.8 Å². The highest BCUT2D eigenvalue weighted by atomic mass is 35.5. The minimum absolute atomic E-state index is 0.417. The van der Waals surface area contributed by atoms with Gasteiger partial charge in [-0.3, -0.25) is 0 Å².